The number of amides is 2. The van der Waals surface area contributed by atoms with Crippen molar-refractivity contribution in [2.24, 2.45) is 17.3 Å². The molecule has 1 heterocycles. The molecule has 1 aliphatic carbocycles. The number of hydrogen-bond donors (Lipinski definition) is 3. The van der Waals surface area contributed by atoms with E-state index in [-0.39, 0.29) is 23.1 Å². The summed E-state index contributed by atoms with van der Waals surface area (Å²) in [4.78, 5) is 23.8. The smallest absolute Gasteiger partial charge is 0.226 e. The summed E-state index contributed by atoms with van der Waals surface area (Å²) in [5, 5.41) is 9.18. The quantitative estimate of drug-likeness (QED) is 0.626. The van der Waals surface area contributed by atoms with Gasteiger partial charge in [0.05, 0.1) is 0 Å². The lowest BCUT2D eigenvalue weighted by Gasteiger charge is -2.36. The van der Waals surface area contributed by atoms with Crippen LogP contribution in [-0.4, -0.2) is 38.0 Å². The van der Waals surface area contributed by atoms with E-state index in [0.29, 0.717) is 19.0 Å². The first-order chi connectivity index (χ1) is 9.51. The van der Waals surface area contributed by atoms with Crippen LogP contribution in [0.3, 0.4) is 0 Å². The van der Waals surface area contributed by atoms with E-state index in [1.807, 2.05) is 13.8 Å². The lowest BCUT2D eigenvalue weighted by atomic mass is 9.74. The minimum absolute atomic E-state index is 0.0897. The highest BCUT2D eigenvalue weighted by Gasteiger charge is 2.37. The highest BCUT2D eigenvalue weighted by atomic mass is 16.2. The molecule has 2 aliphatic rings. The second-order valence-electron chi connectivity index (χ2n) is 6.59. The molecule has 0 spiro atoms. The van der Waals surface area contributed by atoms with Gasteiger partial charge >= 0.3 is 0 Å². The van der Waals surface area contributed by atoms with E-state index >= 15 is 0 Å². The second-order valence-corrected chi connectivity index (χ2v) is 6.59. The first-order valence-electron chi connectivity index (χ1n) is 7.78. The number of nitrogens with one attached hydrogen (secondary N) is 3. The number of piperidine rings is 1. The fourth-order valence-corrected chi connectivity index (χ4v) is 2.73. The van der Waals surface area contributed by atoms with Crippen LogP contribution in [0.4, 0.5) is 0 Å². The van der Waals surface area contributed by atoms with Crippen molar-refractivity contribution in [1.29, 1.82) is 0 Å². The van der Waals surface area contributed by atoms with Crippen molar-refractivity contribution in [3.05, 3.63) is 0 Å². The summed E-state index contributed by atoms with van der Waals surface area (Å²) >= 11 is 0. The van der Waals surface area contributed by atoms with Crippen molar-refractivity contribution in [3.63, 3.8) is 0 Å². The van der Waals surface area contributed by atoms with E-state index in [1.54, 1.807) is 0 Å². The van der Waals surface area contributed by atoms with Gasteiger partial charge in [-0.1, -0.05) is 13.8 Å². The van der Waals surface area contributed by atoms with Gasteiger partial charge in [-0.3, -0.25) is 9.59 Å². The average Bonchev–Trinajstić information content (AvgIpc) is 3.28. The van der Waals surface area contributed by atoms with E-state index in [0.717, 1.165) is 38.8 Å². The third-order valence-corrected chi connectivity index (χ3v) is 4.56. The monoisotopic (exact) mass is 281 g/mol. The molecule has 5 heteroatoms. The maximum absolute atomic E-state index is 12.3. The number of carbonyl (C=O) groups excluding carboxylic acids is 2. The highest BCUT2D eigenvalue weighted by Crippen LogP contribution is 2.31. The number of hydrogen-bond acceptors (Lipinski definition) is 3. The van der Waals surface area contributed by atoms with Gasteiger partial charge in [0.1, 0.15) is 0 Å². The minimum Gasteiger partial charge on any atom is -0.354 e. The predicted molar refractivity (Wildman–Crippen MR) is 78.1 cm³/mol. The lowest BCUT2D eigenvalue weighted by Crippen LogP contribution is -2.48. The molecule has 3 N–H and O–H groups in total. The fraction of sp³-hybridized carbons (Fsp3) is 0.867. The first kappa shape index (κ1) is 15.3. The van der Waals surface area contributed by atoms with E-state index in [2.05, 4.69) is 16.0 Å². The molecule has 114 valence electrons. The minimum atomic E-state index is -0.353. The van der Waals surface area contributed by atoms with E-state index < -0.39 is 0 Å². The first-order valence-corrected chi connectivity index (χ1v) is 7.78. The summed E-state index contributed by atoms with van der Waals surface area (Å²) in [6.45, 7) is 7.05. The molecule has 20 heavy (non-hydrogen) atoms. The van der Waals surface area contributed by atoms with E-state index in [4.69, 9.17) is 0 Å². The van der Waals surface area contributed by atoms with Gasteiger partial charge in [-0.15, -0.1) is 0 Å². The SMILES string of the molecule is CC(C)(C(=O)NCCNC(=O)C1CC1)C1CCCNC1. The lowest BCUT2D eigenvalue weighted by molar-refractivity contribution is -0.132. The molecule has 1 unspecified atom stereocenters. The van der Waals surface area contributed by atoms with Crippen molar-refractivity contribution >= 4 is 11.8 Å². The zero-order valence-corrected chi connectivity index (χ0v) is 12.6. The standard InChI is InChI=1S/C15H27N3O2/c1-15(2,12-4-3-7-16-10-12)14(20)18-9-8-17-13(19)11-5-6-11/h11-12,16H,3-10H2,1-2H3,(H,17,19)(H,18,20). The van der Waals surface area contributed by atoms with Crippen LogP contribution in [0.5, 0.6) is 0 Å². The van der Waals surface area contributed by atoms with Crippen LogP contribution < -0.4 is 16.0 Å². The third-order valence-electron chi connectivity index (χ3n) is 4.56. The Hall–Kier alpha value is -1.10. The molecule has 1 saturated carbocycles. The number of rotatable bonds is 6. The molecule has 5 nitrogen and oxygen atoms in total. The maximum Gasteiger partial charge on any atom is 0.226 e. The second kappa shape index (κ2) is 6.57. The molecule has 1 saturated heterocycles. The summed E-state index contributed by atoms with van der Waals surface area (Å²) in [6, 6.07) is 0. The molecule has 2 fully saturated rings. The average molecular weight is 281 g/mol. The van der Waals surface area contributed by atoms with Gasteiger partial charge in [0.2, 0.25) is 11.8 Å². The topological polar surface area (TPSA) is 70.2 Å². The Morgan fingerprint density at radius 1 is 1.15 bits per heavy atom. The normalized spacial score (nSPS) is 23.2. The Bertz CT molecular complexity index is 358. The molecule has 0 aromatic carbocycles. The van der Waals surface area contributed by atoms with Gasteiger partial charge in [-0.05, 0) is 44.7 Å². The van der Waals surface area contributed by atoms with Gasteiger partial charge in [0.15, 0.2) is 0 Å². The fourth-order valence-electron chi connectivity index (χ4n) is 2.73. The number of carbonyl (C=O) groups is 2. The molecule has 2 amide bonds. The van der Waals surface area contributed by atoms with Crippen LogP contribution in [0.25, 0.3) is 0 Å². The zero-order valence-electron chi connectivity index (χ0n) is 12.6. The zero-order chi connectivity index (χ0) is 14.6. The molecule has 0 bridgehead atoms. The van der Waals surface area contributed by atoms with Crippen molar-refractivity contribution in [1.82, 2.24) is 16.0 Å². The Morgan fingerprint density at radius 3 is 2.45 bits per heavy atom. The molecule has 2 rings (SSSR count). The molecule has 0 aromatic rings. The molecule has 0 aromatic heterocycles. The van der Waals surface area contributed by atoms with Gasteiger partial charge < -0.3 is 16.0 Å². The Kier molecular flexibility index (Phi) is 5.02. The van der Waals surface area contributed by atoms with Crippen LogP contribution in [0.1, 0.15) is 39.5 Å². The molecule has 1 aliphatic heterocycles. The molecular weight excluding hydrogens is 254 g/mol. The van der Waals surface area contributed by atoms with Crippen LogP contribution in [0.15, 0.2) is 0 Å². The van der Waals surface area contributed by atoms with Gasteiger partial charge in [0.25, 0.3) is 0 Å². The Balaban J connectivity index is 1.68. The Labute approximate surface area is 121 Å². The largest absolute Gasteiger partial charge is 0.354 e. The van der Waals surface area contributed by atoms with Gasteiger partial charge in [-0.2, -0.15) is 0 Å². The maximum atomic E-state index is 12.3. The Morgan fingerprint density at radius 2 is 1.85 bits per heavy atom. The van der Waals surface area contributed by atoms with Crippen molar-refractivity contribution in [3.8, 4) is 0 Å². The van der Waals surface area contributed by atoms with Crippen molar-refractivity contribution < 1.29 is 9.59 Å². The van der Waals surface area contributed by atoms with Crippen LogP contribution >= 0.6 is 0 Å². The van der Waals surface area contributed by atoms with Gasteiger partial charge in [-0.25, -0.2) is 0 Å². The highest BCUT2D eigenvalue weighted by molar-refractivity contribution is 5.82. The van der Waals surface area contributed by atoms with E-state index in [9.17, 15) is 9.59 Å². The third kappa shape index (κ3) is 3.95. The van der Waals surface area contributed by atoms with E-state index in [1.165, 1.54) is 0 Å². The van der Waals surface area contributed by atoms with Crippen molar-refractivity contribution in [2.75, 3.05) is 26.2 Å². The van der Waals surface area contributed by atoms with Crippen LogP contribution in [-0.2, 0) is 9.59 Å². The molecule has 0 radical (unpaired) electrons. The summed E-state index contributed by atoms with van der Waals surface area (Å²) in [5.41, 5.74) is -0.353. The summed E-state index contributed by atoms with van der Waals surface area (Å²) in [5.74, 6) is 0.842. The van der Waals surface area contributed by atoms with Crippen LogP contribution in [0, 0.1) is 17.3 Å². The summed E-state index contributed by atoms with van der Waals surface area (Å²) < 4.78 is 0. The summed E-state index contributed by atoms with van der Waals surface area (Å²) in [7, 11) is 0. The summed E-state index contributed by atoms with van der Waals surface area (Å²) in [6.07, 6.45) is 4.27. The molecule has 1 atom stereocenters. The predicted octanol–water partition coefficient (Wildman–Crippen LogP) is 0.655. The van der Waals surface area contributed by atoms with Crippen molar-refractivity contribution in [2.45, 2.75) is 39.5 Å². The molecular formula is C15H27N3O2. The van der Waals surface area contributed by atoms with Crippen LogP contribution in [0.2, 0.25) is 0 Å². The van der Waals surface area contributed by atoms with Gasteiger partial charge in [0, 0.05) is 24.4 Å².